The van der Waals surface area contributed by atoms with Gasteiger partial charge in [0.05, 0.1) is 11.4 Å². The molecule has 0 aliphatic carbocycles. The molecule has 1 aliphatic heterocycles. The lowest BCUT2D eigenvalue weighted by atomic mass is 9.83. The topological polar surface area (TPSA) is 38.0 Å². The fourth-order valence-corrected chi connectivity index (χ4v) is 2.78. The Morgan fingerprint density at radius 3 is 2.74 bits per heavy atom. The predicted molar refractivity (Wildman–Crippen MR) is 81.0 cm³/mol. The van der Waals surface area contributed by atoms with E-state index in [9.17, 15) is 0 Å². The van der Waals surface area contributed by atoms with E-state index in [0.29, 0.717) is 18.5 Å². The zero-order valence-electron chi connectivity index (χ0n) is 12.0. The van der Waals surface area contributed by atoms with Crippen LogP contribution in [0.2, 0.25) is 0 Å². The Morgan fingerprint density at radius 2 is 2.11 bits per heavy atom. The number of halogens is 1. The van der Waals surface area contributed by atoms with Crippen LogP contribution in [-0.2, 0) is 5.67 Å². The normalized spacial score (nSPS) is 20.5. The Labute approximate surface area is 114 Å². The molecule has 3 N–H and O–H groups in total. The summed E-state index contributed by atoms with van der Waals surface area (Å²) >= 11 is 0. The molecule has 2 rings (SSSR count). The molecule has 1 aliphatic rings. The summed E-state index contributed by atoms with van der Waals surface area (Å²) in [5, 5.41) is 3.33. The van der Waals surface area contributed by atoms with Gasteiger partial charge < -0.3 is 11.1 Å². The monoisotopic (exact) mass is 262 g/mol. The van der Waals surface area contributed by atoms with Crippen LogP contribution in [0.1, 0.15) is 51.2 Å². The van der Waals surface area contributed by atoms with E-state index in [2.05, 4.69) is 12.2 Å². The van der Waals surface area contributed by atoms with E-state index in [-0.39, 0.29) is 6.04 Å². The van der Waals surface area contributed by atoms with E-state index in [1.807, 2.05) is 38.1 Å². The molecule has 2 atom stereocenters. The summed E-state index contributed by atoms with van der Waals surface area (Å²) in [6, 6.07) is 3.88. The minimum atomic E-state index is -1.26. The molecule has 0 saturated carbocycles. The van der Waals surface area contributed by atoms with Gasteiger partial charge in [0.15, 0.2) is 0 Å². The second-order valence-corrected chi connectivity index (χ2v) is 5.35. The first-order chi connectivity index (χ1) is 9.01. The van der Waals surface area contributed by atoms with Crippen molar-refractivity contribution >= 4 is 17.5 Å². The van der Waals surface area contributed by atoms with Crippen molar-refractivity contribution in [3.8, 4) is 0 Å². The number of nitrogens with one attached hydrogen (secondary N) is 1. The number of hydrogen-bond donors (Lipinski definition) is 2. The number of nitrogen functional groups attached to an aromatic ring is 1. The number of benzene rings is 1. The molecule has 1 aromatic carbocycles. The van der Waals surface area contributed by atoms with Gasteiger partial charge in [-0.25, -0.2) is 4.39 Å². The largest absolute Gasteiger partial charge is 0.397 e. The van der Waals surface area contributed by atoms with Crippen LogP contribution in [-0.4, -0.2) is 6.04 Å². The summed E-state index contributed by atoms with van der Waals surface area (Å²) in [5.74, 6) is 0. The van der Waals surface area contributed by atoms with Crippen molar-refractivity contribution in [3.63, 3.8) is 0 Å². The van der Waals surface area contributed by atoms with Crippen LogP contribution in [0.3, 0.4) is 0 Å². The third-order valence-electron chi connectivity index (χ3n) is 3.89. The smallest absolute Gasteiger partial charge is 0.136 e. The molecule has 104 valence electrons. The van der Waals surface area contributed by atoms with Gasteiger partial charge in [-0.1, -0.05) is 38.5 Å². The number of anilines is 2. The first kappa shape index (κ1) is 13.9. The summed E-state index contributed by atoms with van der Waals surface area (Å²) in [7, 11) is 0. The number of rotatable bonds is 4. The van der Waals surface area contributed by atoms with E-state index in [1.54, 1.807) is 0 Å². The number of hydrogen-bond acceptors (Lipinski definition) is 2. The van der Waals surface area contributed by atoms with Crippen molar-refractivity contribution in [1.82, 2.24) is 0 Å². The molecule has 2 unspecified atom stereocenters. The molecule has 2 nitrogen and oxygen atoms in total. The highest BCUT2D eigenvalue weighted by Gasteiger charge is 2.32. The highest BCUT2D eigenvalue weighted by molar-refractivity contribution is 5.83. The molecule has 3 heteroatoms. The Hall–Kier alpha value is -1.51. The Balaban J connectivity index is 2.56. The summed E-state index contributed by atoms with van der Waals surface area (Å²) in [4.78, 5) is 0. The molecule has 0 radical (unpaired) electrons. The molecule has 1 heterocycles. The summed E-state index contributed by atoms with van der Waals surface area (Å²) in [6.07, 6.45) is 5.91. The van der Waals surface area contributed by atoms with Gasteiger partial charge >= 0.3 is 0 Å². The van der Waals surface area contributed by atoms with Gasteiger partial charge in [-0.2, -0.15) is 0 Å². The van der Waals surface area contributed by atoms with Gasteiger partial charge in [0.2, 0.25) is 0 Å². The minimum absolute atomic E-state index is 0.229. The molecule has 0 aromatic heterocycles. The fourth-order valence-electron chi connectivity index (χ4n) is 2.78. The Morgan fingerprint density at radius 1 is 1.37 bits per heavy atom. The number of nitrogens with two attached hydrogens (primary N) is 1. The first-order valence-electron chi connectivity index (χ1n) is 7.08. The van der Waals surface area contributed by atoms with Gasteiger partial charge in [-0.3, -0.25) is 0 Å². The van der Waals surface area contributed by atoms with Crippen molar-refractivity contribution in [2.75, 3.05) is 11.1 Å². The maximum atomic E-state index is 15.2. The van der Waals surface area contributed by atoms with Crippen LogP contribution in [0.15, 0.2) is 18.2 Å². The second kappa shape index (κ2) is 5.24. The van der Waals surface area contributed by atoms with Crippen LogP contribution >= 0.6 is 0 Å². The minimum Gasteiger partial charge on any atom is -0.397 e. The van der Waals surface area contributed by atoms with Crippen LogP contribution in [0.4, 0.5) is 15.8 Å². The van der Waals surface area contributed by atoms with E-state index in [1.165, 1.54) is 0 Å². The first-order valence-corrected chi connectivity index (χ1v) is 7.08. The van der Waals surface area contributed by atoms with Crippen molar-refractivity contribution in [2.24, 2.45) is 0 Å². The average Bonchev–Trinajstić information content (AvgIpc) is 2.40. The lowest BCUT2D eigenvalue weighted by Crippen LogP contribution is -2.24. The molecular weight excluding hydrogens is 239 g/mol. The lowest BCUT2D eigenvalue weighted by molar-refractivity contribution is 0.142. The van der Waals surface area contributed by atoms with Crippen LogP contribution < -0.4 is 11.1 Å². The maximum Gasteiger partial charge on any atom is 0.136 e. The molecule has 0 amide bonds. The summed E-state index contributed by atoms with van der Waals surface area (Å²) in [6.45, 7) is 5.98. The summed E-state index contributed by atoms with van der Waals surface area (Å²) in [5.41, 5.74) is 7.98. The fraction of sp³-hybridized carbons (Fsp3) is 0.500. The zero-order valence-corrected chi connectivity index (χ0v) is 12.0. The van der Waals surface area contributed by atoms with Crippen molar-refractivity contribution in [1.29, 1.82) is 0 Å². The third kappa shape index (κ3) is 2.46. The lowest BCUT2D eigenvalue weighted by Gasteiger charge is -2.30. The van der Waals surface area contributed by atoms with Gasteiger partial charge in [0.1, 0.15) is 5.67 Å². The van der Waals surface area contributed by atoms with Crippen LogP contribution in [0, 0.1) is 0 Å². The highest BCUT2D eigenvalue weighted by atomic mass is 19.1. The highest BCUT2D eigenvalue weighted by Crippen LogP contribution is 2.42. The van der Waals surface area contributed by atoms with Crippen molar-refractivity contribution in [2.45, 2.75) is 51.7 Å². The van der Waals surface area contributed by atoms with Gasteiger partial charge in [-0.05, 0) is 31.4 Å². The summed E-state index contributed by atoms with van der Waals surface area (Å²) < 4.78 is 15.2. The molecule has 0 bridgehead atoms. The Kier molecular flexibility index (Phi) is 3.83. The molecule has 1 aromatic rings. The zero-order chi connectivity index (χ0) is 14.0. The van der Waals surface area contributed by atoms with Crippen LogP contribution in [0.25, 0.3) is 6.08 Å². The number of alkyl halides is 1. The maximum absolute atomic E-state index is 15.2. The SMILES string of the molecule is CCCC(F)(CC)c1ccc(N)c2c1C=CC(C)N2. The molecule has 0 spiro atoms. The molecule has 0 saturated heterocycles. The van der Waals surface area contributed by atoms with Gasteiger partial charge in [0, 0.05) is 11.6 Å². The van der Waals surface area contributed by atoms with Gasteiger partial charge in [0.25, 0.3) is 0 Å². The third-order valence-corrected chi connectivity index (χ3v) is 3.89. The average molecular weight is 262 g/mol. The van der Waals surface area contributed by atoms with E-state index < -0.39 is 5.67 Å². The second-order valence-electron chi connectivity index (χ2n) is 5.35. The van der Waals surface area contributed by atoms with E-state index in [0.717, 1.165) is 23.2 Å². The van der Waals surface area contributed by atoms with Gasteiger partial charge in [-0.15, -0.1) is 0 Å². The van der Waals surface area contributed by atoms with E-state index in [4.69, 9.17) is 5.73 Å². The Bertz CT molecular complexity index is 496. The van der Waals surface area contributed by atoms with Crippen LogP contribution in [0.5, 0.6) is 0 Å². The van der Waals surface area contributed by atoms with Crippen molar-refractivity contribution < 1.29 is 4.39 Å². The molecule has 19 heavy (non-hydrogen) atoms. The molecular formula is C16H23FN2. The number of fused-ring (bicyclic) bond motifs is 1. The predicted octanol–water partition coefficient (Wildman–Crippen LogP) is 4.47. The quantitative estimate of drug-likeness (QED) is 0.786. The standard InChI is InChI=1S/C16H23FN2/c1-4-10-16(17,5-2)13-8-9-14(18)15-12(13)7-6-11(3)19-15/h6-9,11,19H,4-5,10,18H2,1-3H3. The molecule has 0 fully saturated rings. The van der Waals surface area contributed by atoms with Crippen molar-refractivity contribution in [3.05, 3.63) is 29.3 Å². The van der Waals surface area contributed by atoms with E-state index >= 15 is 4.39 Å².